The van der Waals surface area contributed by atoms with E-state index in [4.69, 9.17) is 11.3 Å². The molecule has 0 atom stereocenters. The monoisotopic (exact) mass is 282 g/mol. The molecule has 6 nitrogen and oxygen atoms in total. The summed E-state index contributed by atoms with van der Waals surface area (Å²) in [5, 5.41) is 12.8. The van der Waals surface area contributed by atoms with Crippen LogP contribution in [0.25, 0.3) is 21.6 Å². The molecule has 0 aliphatic carbocycles. The zero-order chi connectivity index (χ0) is 15.6. The van der Waals surface area contributed by atoms with Gasteiger partial charge in [-0.25, -0.2) is 4.79 Å². The summed E-state index contributed by atoms with van der Waals surface area (Å²) in [6.07, 6.45) is 0. The number of azide groups is 1. The minimum atomic E-state index is -1.12. The van der Waals surface area contributed by atoms with Gasteiger partial charge in [0.25, 0.3) is 0 Å². The maximum absolute atomic E-state index is 11.5. The summed E-state index contributed by atoms with van der Waals surface area (Å²) in [5.74, 6) is -1.12. The number of rotatable bonds is 3. The van der Waals surface area contributed by atoms with E-state index in [0.717, 1.165) is 16.7 Å². The summed E-state index contributed by atoms with van der Waals surface area (Å²) in [6.45, 7) is 3.86. The molecule has 0 aromatic heterocycles. The average Bonchev–Trinajstić information content (AvgIpc) is 2.39. The number of nitrogens with zero attached hydrogens (tertiary/aromatic N) is 3. The summed E-state index contributed by atoms with van der Waals surface area (Å²) in [6, 6.07) is 8.50. The van der Waals surface area contributed by atoms with Gasteiger partial charge in [-0.3, -0.25) is 0 Å². The van der Waals surface area contributed by atoms with E-state index in [0.29, 0.717) is 5.56 Å². The van der Waals surface area contributed by atoms with E-state index < -0.39 is 5.97 Å². The van der Waals surface area contributed by atoms with Crippen molar-refractivity contribution < 1.29 is 9.90 Å². The predicted octanol–water partition coefficient (Wildman–Crippen LogP) is 4.19. The second-order valence-corrected chi connectivity index (χ2v) is 4.77. The number of nitrogens with two attached hydrogens (primary N) is 1. The minimum Gasteiger partial charge on any atom is -0.478 e. The van der Waals surface area contributed by atoms with Crippen LogP contribution in [0.15, 0.2) is 35.4 Å². The number of nitrogen functional groups attached to an aromatic ring is 1. The number of benzene rings is 2. The number of carbonyl (C=O) groups is 1. The van der Waals surface area contributed by atoms with E-state index in [2.05, 4.69) is 10.0 Å². The standard InChI is InChI=1S/C15H14N4O2/c1-8-3-4-11(9(2)5-8)14-12(15(20)21)6-10(18-19-17)7-13(14)16/h3-7H,16H2,1-2H3,(H,20,21). The van der Waals surface area contributed by atoms with Crippen molar-refractivity contribution in [2.45, 2.75) is 13.8 Å². The molecule has 0 amide bonds. The fourth-order valence-corrected chi connectivity index (χ4v) is 2.32. The van der Waals surface area contributed by atoms with E-state index in [1.807, 2.05) is 32.0 Å². The Hall–Kier alpha value is -2.98. The number of carboxylic acids is 1. The van der Waals surface area contributed by atoms with Gasteiger partial charge in [0, 0.05) is 21.8 Å². The molecular weight excluding hydrogens is 268 g/mol. The van der Waals surface area contributed by atoms with Crippen molar-refractivity contribution >= 4 is 17.3 Å². The second-order valence-electron chi connectivity index (χ2n) is 4.77. The zero-order valence-electron chi connectivity index (χ0n) is 11.7. The molecule has 0 spiro atoms. The third-order valence-corrected chi connectivity index (χ3v) is 3.20. The smallest absolute Gasteiger partial charge is 0.336 e. The van der Waals surface area contributed by atoms with E-state index in [1.54, 1.807) is 0 Å². The maximum Gasteiger partial charge on any atom is 0.336 e. The number of aryl methyl sites for hydroxylation is 2. The summed E-state index contributed by atoms with van der Waals surface area (Å²) < 4.78 is 0. The summed E-state index contributed by atoms with van der Waals surface area (Å²) in [7, 11) is 0. The molecule has 21 heavy (non-hydrogen) atoms. The molecule has 0 unspecified atom stereocenters. The number of hydrogen-bond donors (Lipinski definition) is 2. The van der Waals surface area contributed by atoms with Crippen LogP contribution in [0.2, 0.25) is 0 Å². The molecule has 0 aliphatic heterocycles. The van der Waals surface area contributed by atoms with Crippen LogP contribution >= 0.6 is 0 Å². The molecule has 2 rings (SSSR count). The lowest BCUT2D eigenvalue weighted by molar-refractivity contribution is 0.0698. The van der Waals surface area contributed by atoms with Crippen molar-refractivity contribution in [1.82, 2.24) is 0 Å². The summed E-state index contributed by atoms with van der Waals surface area (Å²) >= 11 is 0. The third kappa shape index (κ3) is 2.80. The van der Waals surface area contributed by atoms with Gasteiger partial charge < -0.3 is 10.8 Å². The highest BCUT2D eigenvalue weighted by atomic mass is 16.4. The number of aromatic carboxylic acids is 1. The van der Waals surface area contributed by atoms with Gasteiger partial charge in [0.05, 0.1) is 5.56 Å². The lowest BCUT2D eigenvalue weighted by Crippen LogP contribution is -2.04. The van der Waals surface area contributed by atoms with Crippen LogP contribution in [0.1, 0.15) is 21.5 Å². The molecule has 6 heteroatoms. The van der Waals surface area contributed by atoms with Crippen LogP contribution in [-0.4, -0.2) is 11.1 Å². The molecule has 0 heterocycles. The van der Waals surface area contributed by atoms with Crippen LogP contribution in [0, 0.1) is 13.8 Å². The fraction of sp³-hybridized carbons (Fsp3) is 0.133. The fourth-order valence-electron chi connectivity index (χ4n) is 2.32. The van der Waals surface area contributed by atoms with Gasteiger partial charge >= 0.3 is 5.97 Å². The topological polar surface area (TPSA) is 112 Å². The van der Waals surface area contributed by atoms with Gasteiger partial charge in [0.1, 0.15) is 0 Å². The van der Waals surface area contributed by atoms with Crippen molar-refractivity contribution in [2.24, 2.45) is 5.11 Å². The largest absolute Gasteiger partial charge is 0.478 e. The molecule has 0 saturated carbocycles. The third-order valence-electron chi connectivity index (χ3n) is 3.20. The van der Waals surface area contributed by atoms with Gasteiger partial charge in [-0.05, 0) is 42.6 Å². The first-order valence-electron chi connectivity index (χ1n) is 6.23. The maximum atomic E-state index is 11.5. The molecule has 2 aromatic rings. The Morgan fingerprint density at radius 3 is 2.57 bits per heavy atom. The Bertz CT molecular complexity index is 777. The number of hydrogen-bond acceptors (Lipinski definition) is 3. The zero-order valence-corrected chi connectivity index (χ0v) is 11.7. The molecule has 3 N–H and O–H groups in total. The summed E-state index contributed by atoms with van der Waals surface area (Å²) in [4.78, 5) is 14.1. The van der Waals surface area contributed by atoms with E-state index in [1.165, 1.54) is 12.1 Å². The van der Waals surface area contributed by atoms with Crippen LogP contribution in [0.3, 0.4) is 0 Å². The molecule has 106 valence electrons. The van der Waals surface area contributed by atoms with Crippen molar-refractivity contribution in [1.29, 1.82) is 0 Å². The highest BCUT2D eigenvalue weighted by molar-refractivity contribution is 6.01. The predicted molar refractivity (Wildman–Crippen MR) is 81.5 cm³/mol. The van der Waals surface area contributed by atoms with E-state index in [9.17, 15) is 9.90 Å². The van der Waals surface area contributed by atoms with Crippen molar-refractivity contribution in [3.05, 3.63) is 57.5 Å². The quantitative estimate of drug-likeness (QED) is 0.381. The van der Waals surface area contributed by atoms with Crippen molar-refractivity contribution in [2.75, 3.05) is 5.73 Å². The van der Waals surface area contributed by atoms with E-state index >= 15 is 0 Å². The van der Waals surface area contributed by atoms with Gasteiger partial charge in [-0.15, -0.1) is 0 Å². The molecular formula is C15H14N4O2. The second kappa shape index (κ2) is 5.56. The molecule has 0 bridgehead atoms. The Kier molecular flexibility index (Phi) is 3.82. The highest BCUT2D eigenvalue weighted by Gasteiger charge is 2.17. The normalized spacial score (nSPS) is 10.0. The lowest BCUT2D eigenvalue weighted by atomic mass is 9.93. The highest BCUT2D eigenvalue weighted by Crippen LogP contribution is 2.36. The Morgan fingerprint density at radius 2 is 2.00 bits per heavy atom. The van der Waals surface area contributed by atoms with Crippen LogP contribution in [-0.2, 0) is 0 Å². The first kappa shape index (κ1) is 14.4. The Morgan fingerprint density at radius 1 is 1.29 bits per heavy atom. The van der Waals surface area contributed by atoms with Crippen molar-refractivity contribution in [3.8, 4) is 11.1 Å². The van der Waals surface area contributed by atoms with Crippen molar-refractivity contribution in [3.63, 3.8) is 0 Å². The molecule has 0 aliphatic rings. The first-order valence-corrected chi connectivity index (χ1v) is 6.23. The minimum absolute atomic E-state index is 0.0179. The van der Waals surface area contributed by atoms with E-state index in [-0.39, 0.29) is 16.9 Å². The Labute approximate surface area is 121 Å². The van der Waals surface area contributed by atoms with Crippen LogP contribution in [0.5, 0.6) is 0 Å². The Balaban J connectivity index is 2.78. The van der Waals surface area contributed by atoms with Crippen LogP contribution < -0.4 is 5.73 Å². The molecule has 0 fully saturated rings. The average molecular weight is 282 g/mol. The van der Waals surface area contributed by atoms with Gasteiger partial charge in [0.2, 0.25) is 0 Å². The van der Waals surface area contributed by atoms with Gasteiger partial charge in [-0.2, -0.15) is 0 Å². The molecule has 0 saturated heterocycles. The van der Waals surface area contributed by atoms with Crippen LogP contribution in [0.4, 0.5) is 11.4 Å². The number of anilines is 1. The SMILES string of the molecule is Cc1ccc(-c2c(N)cc(N=[N+]=[N-])cc2C(=O)O)c(C)c1. The number of carboxylic acid groups (broad SMARTS) is 1. The lowest BCUT2D eigenvalue weighted by Gasteiger charge is -2.14. The summed E-state index contributed by atoms with van der Waals surface area (Å²) in [5.41, 5.74) is 18.1. The van der Waals surface area contributed by atoms with Gasteiger partial charge in [0.15, 0.2) is 0 Å². The molecule has 2 aromatic carbocycles. The first-order chi connectivity index (χ1) is 9.93. The molecule has 0 radical (unpaired) electrons. The van der Waals surface area contributed by atoms with Gasteiger partial charge in [-0.1, -0.05) is 28.9 Å².